The van der Waals surface area contributed by atoms with E-state index in [9.17, 15) is 4.79 Å². The zero-order chi connectivity index (χ0) is 19.7. The lowest BCUT2D eigenvalue weighted by Crippen LogP contribution is -2.22. The molecule has 0 aliphatic heterocycles. The highest BCUT2D eigenvalue weighted by molar-refractivity contribution is 14.1. The summed E-state index contributed by atoms with van der Waals surface area (Å²) < 4.78 is 19.2. The van der Waals surface area contributed by atoms with Gasteiger partial charge in [0.2, 0.25) is 0 Å². The van der Waals surface area contributed by atoms with Gasteiger partial charge in [-0.15, -0.1) is 5.10 Å². The van der Waals surface area contributed by atoms with Crippen molar-refractivity contribution in [2.24, 2.45) is 7.05 Å². The fraction of sp³-hybridized carbons (Fsp3) is 0.111. The molecule has 8 nitrogen and oxygen atoms in total. The van der Waals surface area contributed by atoms with Crippen LogP contribution in [0.15, 0.2) is 53.3 Å². The molecule has 0 N–H and O–H groups in total. The van der Waals surface area contributed by atoms with Gasteiger partial charge in [-0.05, 0) is 46.9 Å². The number of methoxy groups -OCH3 is 1. The van der Waals surface area contributed by atoms with Crippen molar-refractivity contribution in [2.45, 2.75) is 0 Å². The second kappa shape index (κ2) is 7.72. The zero-order valence-corrected chi connectivity index (χ0v) is 17.8. The minimum atomic E-state index is -0.343. The number of hydrogen-bond acceptors (Lipinski definition) is 7. The Morgan fingerprint density at radius 1 is 1.14 bits per heavy atom. The molecule has 4 aromatic rings. The first-order chi connectivity index (χ1) is 13.6. The van der Waals surface area contributed by atoms with Crippen LogP contribution in [-0.4, -0.2) is 30.8 Å². The molecule has 0 saturated carbocycles. The Morgan fingerprint density at radius 2 is 1.96 bits per heavy atom. The number of aryl methyl sites for hydroxylation is 1. The summed E-state index contributed by atoms with van der Waals surface area (Å²) in [5, 5.41) is 4.44. The minimum Gasteiger partial charge on any atom is -0.467 e. The fourth-order valence-electron chi connectivity index (χ4n) is 2.60. The molecule has 2 heterocycles. The highest BCUT2D eigenvalue weighted by atomic mass is 127. The Hall–Kier alpha value is -2.73. The van der Waals surface area contributed by atoms with Crippen molar-refractivity contribution in [1.29, 1.82) is 0 Å². The predicted octanol–water partition coefficient (Wildman–Crippen LogP) is 3.50. The highest BCUT2D eigenvalue weighted by Crippen LogP contribution is 2.32. The smallest absolute Gasteiger partial charge is 0.353 e. The van der Waals surface area contributed by atoms with Crippen LogP contribution in [-0.2, 0) is 7.05 Å². The topological polar surface area (TPSA) is 84.1 Å². The first-order valence-electron chi connectivity index (χ1n) is 8.14. The minimum absolute atomic E-state index is 0.167. The molecule has 2 aromatic carbocycles. The monoisotopic (exact) mass is 507 g/mol. The van der Waals surface area contributed by atoms with Crippen molar-refractivity contribution in [3.8, 4) is 34.0 Å². The molecule has 0 radical (unpaired) electrons. The van der Waals surface area contributed by atoms with E-state index in [0.29, 0.717) is 22.5 Å². The lowest BCUT2D eigenvalue weighted by molar-refractivity contribution is 0.367. The molecule has 0 spiro atoms. The molecule has 0 unspecified atom stereocenters. The Labute approximate surface area is 177 Å². The summed E-state index contributed by atoms with van der Waals surface area (Å²) in [6.07, 6.45) is 0. The van der Waals surface area contributed by atoms with Gasteiger partial charge in [0.25, 0.3) is 5.19 Å². The van der Waals surface area contributed by atoms with E-state index in [1.54, 1.807) is 25.2 Å². The van der Waals surface area contributed by atoms with Crippen LogP contribution in [0.1, 0.15) is 0 Å². The summed E-state index contributed by atoms with van der Waals surface area (Å²) in [5.74, 6) is 1.04. The van der Waals surface area contributed by atoms with E-state index < -0.39 is 0 Å². The molecule has 10 heteroatoms. The molecule has 4 rings (SSSR count). The molecular weight excluding hydrogens is 493 g/mol. The van der Waals surface area contributed by atoms with Gasteiger partial charge < -0.3 is 9.47 Å². The van der Waals surface area contributed by atoms with Crippen LogP contribution in [0.4, 0.5) is 0 Å². The summed E-state index contributed by atoms with van der Waals surface area (Å²) in [6, 6.07) is 15.2. The molecule has 0 aliphatic carbocycles. The third kappa shape index (κ3) is 3.52. The number of benzene rings is 2. The van der Waals surface area contributed by atoms with Crippen molar-refractivity contribution in [3.63, 3.8) is 0 Å². The van der Waals surface area contributed by atoms with Crippen LogP contribution >= 0.6 is 34.1 Å². The average molecular weight is 507 g/mol. The Bertz CT molecular complexity index is 1200. The van der Waals surface area contributed by atoms with Gasteiger partial charge in [0.1, 0.15) is 0 Å². The second-order valence-corrected chi connectivity index (χ2v) is 7.65. The maximum atomic E-state index is 12.5. The molecule has 0 atom stereocenters. The van der Waals surface area contributed by atoms with E-state index in [0.717, 1.165) is 20.7 Å². The van der Waals surface area contributed by atoms with Gasteiger partial charge in [-0.1, -0.05) is 24.3 Å². The van der Waals surface area contributed by atoms with E-state index in [1.165, 1.54) is 16.4 Å². The maximum absolute atomic E-state index is 12.5. The van der Waals surface area contributed by atoms with Crippen LogP contribution in [0.3, 0.4) is 0 Å². The van der Waals surface area contributed by atoms with E-state index in [1.807, 2.05) is 30.3 Å². The normalized spacial score (nSPS) is 10.8. The number of ether oxygens (including phenoxy) is 2. The number of para-hydroxylation sites is 2. The summed E-state index contributed by atoms with van der Waals surface area (Å²) in [7, 11) is 3.02. The van der Waals surface area contributed by atoms with Crippen LogP contribution in [0.2, 0.25) is 0 Å². The summed E-state index contributed by atoms with van der Waals surface area (Å²) in [5.41, 5.74) is 1.07. The fourth-order valence-corrected chi connectivity index (χ4v) is 3.71. The van der Waals surface area contributed by atoms with Crippen molar-refractivity contribution in [3.05, 3.63) is 62.6 Å². The lowest BCUT2D eigenvalue weighted by Gasteiger charge is -2.09. The Balaban J connectivity index is 1.71. The summed E-state index contributed by atoms with van der Waals surface area (Å²) in [6.45, 7) is 0. The number of aromatic nitrogens is 5. The third-order valence-corrected chi connectivity index (χ3v) is 5.14. The largest absolute Gasteiger partial charge is 0.467 e. The predicted molar refractivity (Wildman–Crippen MR) is 113 cm³/mol. The SMILES string of the molecule is COc1nn(C)c(=O)n1-c1ccccc1Oc1nc(-c2cccc(I)c2)ns1. The molecule has 0 aliphatic rings. The van der Waals surface area contributed by atoms with Crippen LogP contribution in [0.5, 0.6) is 17.0 Å². The van der Waals surface area contributed by atoms with Crippen LogP contribution < -0.4 is 15.2 Å². The highest BCUT2D eigenvalue weighted by Gasteiger charge is 2.18. The molecule has 0 fully saturated rings. The van der Waals surface area contributed by atoms with Gasteiger partial charge in [0.15, 0.2) is 11.6 Å². The van der Waals surface area contributed by atoms with E-state index in [-0.39, 0.29) is 11.7 Å². The Kier molecular flexibility index (Phi) is 5.13. The third-order valence-electron chi connectivity index (χ3n) is 3.87. The van der Waals surface area contributed by atoms with E-state index in [2.05, 4.69) is 37.0 Å². The quantitative estimate of drug-likeness (QED) is 0.385. The van der Waals surface area contributed by atoms with Gasteiger partial charge >= 0.3 is 11.7 Å². The Morgan fingerprint density at radius 3 is 2.75 bits per heavy atom. The standard InChI is InChI=1S/C18H14IN5O3S/c1-23-18(25)24(16(21-23)26-2)13-8-3-4-9-14(13)27-17-20-15(22-28-17)11-6-5-7-12(19)10-11/h3-10H,1-2H3. The van der Waals surface area contributed by atoms with Gasteiger partial charge in [-0.3, -0.25) is 0 Å². The number of hydrogen-bond donors (Lipinski definition) is 0. The van der Waals surface area contributed by atoms with Crippen LogP contribution in [0, 0.1) is 3.57 Å². The van der Waals surface area contributed by atoms with Gasteiger partial charge in [-0.2, -0.15) is 9.36 Å². The molecule has 2 aromatic heterocycles. The van der Waals surface area contributed by atoms with Gasteiger partial charge in [0.05, 0.1) is 12.8 Å². The average Bonchev–Trinajstić information content (AvgIpc) is 3.27. The number of rotatable bonds is 5. The first kappa shape index (κ1) is 18.6. The summed E-state index contributed by atoms with van der Waals surface area (Å²) in [4.78, 5) is 16.9. The molecule has 142 valence electrons. The van der Waals surface area contributed by atoms with Gasteiger partial charge in [-0.25, -0.2) is 14.0 Å². The van der Waals surface area contributed by atoms with Crippen molar-refractivity contribution >= 4 is 34.1 Å². The summed E-state index contributed by atoms with van der Waals surface area (Å²) >= 11 is 3.39. The maximum Gasteiger partial charge on any atom is 0.353 e. The van der Waals surface area contributed by atoms with E-state index in [4.69, 9.17) is 9.47 Å². The van der Waals surface area contributed by atoms with Crippen molar-refractivity contribution in [2.75, 3.05) is 7.11 Å². The lowest BCUT2D eigenvalue weighted by atomic mass is 10.2. The molecular formula is C18H14IN5O3S. The van der Waals surface area contributed by atoms with Gasteiger partial charge in [0, 0.05) is 27.7 Å². The van der Waals surface area contributed by atoms with E-state index >= 15 is 0 Å². The van der Waals surface area contributed by atoms with Crippen LogP contribution in [0.25, 0.3) is 17.1 Å². The molecule has 28 heavy (non-hydrogen) atoms. The number of halogens is 1. The number of nitrogens with zero attached hydrogens (tertiary/aromatic N) is 5. The molecule has 0 amide bonds. The molecule has 0 saturated heterocycles. The first-order valence-corrected chi connectivity index (χ1v) is 9.99. The van der Waals surface area contributed by atoms with Crippen molar-refractivity contribution in [1.82, 2.24) is 23.7 Å². The zero-order valence-electron chi connectivity index (χ0n) is 14.9. The second-order valence-electron chi connectivity index (χ2n) is 5.69. The van der Waals surface area contributed by atoms with Crippen molar-refractivity contribution < 1.29 is 9.47 Å². The molecule has 0 bridgehead atoms.